The van der Waals surface area contributed by atoms with Crippen molar-refractivity contribution in [3.8, 4) is 5.88 Å². The Morgan fingerprint density at radius 3 is 2.94 bits per heavy atom. The number of nitrogens with two attached hydrogens (primary N) is 1. The third-order valence-corrected chi connectivity index (χ3v) is 3.40. The fourth-order valence-corrected chi connectivity index (χ4v) is 2.54. The molecule has 1 saturated heterocycles. The normalized spacial score (nSPS) is 20.7. The number of imidazole rings is 1. The lowest BCUT2D eigenvalue weighted by molar-refractivity contribution is 0.395. The van der Waals surface area contributed by atoms with Crippen LogP contribution in [0.4, 0.5) is 5.95 Å². The first-order valence-electron chi connectivity index (χ1n) is 5.91. The topological polar surface area (TPSA) is 82.1 Å². The number of nitrogen functional groups attached to an aromatic ring is 1. The van der Waals surface area contributed by atoms with Crippen molar-refractivity contribution in [2.75, 3.05) is 33.0 Å². The van der Waals surface area contributed by atoms with Gasteiger partial charge in [-0.05, 0) is 20.0 Å². The van der Waals surface area contributed by atoms with E-state index in [-0.39, 0.29) is 0 Å². The summed E-state index contributed by atoms with van der Waals surface area (Å²) in [5, 5.41) is 0. The molecule has 0 aromatic carbocycles. The number of hydrogen-bond donors (Lipinski definition) is 1. The SMILES string of the molecule is COc1ncnc2c1nc(N)n2C1CCN(C)C1. The summed E-state index contributed by atoms with van der Waals surface area (Å²) in [6.07, 6.45) is 2.54. The average molecular weight is 248 g/mol. The van der Waals surface area contributed by atoms with Gasteiger partial charge in [-0.3, -0.25) is 4.57 Å². The molecule has 7 nitrogen and oxygen atoms in total. The maximum absolute atomic E-state index is 6.01. The highest BCUT2D eigenvalue weighted by atomic mass is 16.5. The summed E-state index contributed by atoms with van der Waals surface area (Å²) in [4.78, 5) is 14.9. The summed E-state index contributed by atoms with van der Waals surface area (Å²) >= 11 is 0. The van der Waals surface area contributed by atoms with Crippen LogP contribution in [0.3, 0.4) is 0 Å². The Bertz CT molecular complexity index is 580. The number of hydrogen-bond acceptors (Lipinski definition) is 6. The number of likely N-dealkylation sites (tertiary alicyclic amines) is 1. The van der Waals surface area contributed by atoms with E-state index in [1.165, 1.54) is 6.33 Å². The Balaban J connectivity index is 2.14. The van der Waals surface area contributed by atoms with Crippen molar-refractivity contribution in [1.82, 2.24) is 24.4 Å². The van der Waals surface area contributed by atoms with Gasteiger partial charge in [0.2, 0.25) is 11.8 Å². The standard InChI is InChI=1S/C11H16N6O/c1-16-4-3-7(5-16)17-9-8(15-11(17)12)10(18-2)14-6-13-9/h6-7H,3-5H2,1-2H3,(H2,12,15). The molecule has 3 heterocycles. The molecule has 1 aliphatic heterocycles. The molecule has 0 radical (unpaired) electrons. The molecule has 2 aromatic heterocycles. The molecule has 0 bridgehead atoms. The molecule has 18 heavy (non-hydrogen) atoms. The van der Waals surface area contributed by atoms with Gasteiger partial charge >= 0.3 is 0 Å². The molecule has 1 unspecified atom stereocenters. The molecule has 1 atom stereocenters. The van der Waals surface area contributed by atoms with E-state index in [1.807, 2.05) is 4.57 Å². The van der Waals surface area contributed by atoms with Crippen molar-refractivity contribution in [2.24, 2.45) is 0 Å². The molecule has 3 rings (SSSR count). The van der Waals surface area contributed by atoms with Gasteiger partial charge in [0.25, 0.3) is 0 Å². The smallest absolute Gasteiger partial charge is 0.245 e. The van der Waals surface area contributed by atoms with E-state index < -0.39 is 0 Å². The van der Waals surface area contributed by atoms with Crippen LogP contribution in [0.5, 0.6) is 5.88 Å². The molecule has 0 spiro atoms. The van der Waals surface area contributed by atoms with Crippen LogP contribution in [0.25, 0.3) is 11.2 Å². The summed E-state index contributed by atoms with van der Waals surface area (Å²) in [5.74, 6) is 0.945. The lowest BCUT2D eigenvalue weighted by Gasteiger charge is -2.14. The van der Waals surface area contributed by atoms with E-state index in [2.05, 4.69) is 26.9 Å². The molecule has 1 aliphatic rings. The Kier molecular flexibility index (Phi) is 2.55. The second-order valence-corrected chi connectivity index (χ2v) is 4.60. The maximum Gasteiger partial charge on any atom is 0.245 e. The minimum atomic E-state index is 0.319. The summed E-state index contributed by atoms with van der Waals surface area (Å²) in [7, 11) is 3.67. The van der Waals surface area contributed by atoms with Gasteiger partial charge in [0.05, 0.1) is 13.2 Å². The molecule has 1 fully saturated rings. The molecule has 0 amide bonds. The second kappa shape index (κ2) is 4.09. The second-order valence-electron chi connectivity index (χ2n) is 4.60. The first-order valence-corrected chi connectivity index (χ1v) is 5.91. The van der Waals surface area contributed by atoms with Crippen molar-refractivity contribution in [2.45, 2.75) is 12.5 Å². The number of aromatic nitrogens is 4. The summed E-state index contributed by atoms with van der Waals surface area (Å²) in [5.41, 5.74) is 7.39. The minimum absolute atomic E-state index is 0.319. The highest BCUT2D eigenvalue weighted by Crippen LogP contribution is 2.30. The van der Waals surface area contributed by atoms with Crippen LogP contribution in [0.1, 0.15) is 12.5 Å². The van der Waals surface area contributed by atoms with Crippen LogP contribution in [-0.4, -0.2) is 51.7 Å². The van der Waals surface area contributed by atoms with E-state index in [9.17, 15) is 0 Å². The molecule has 2 aromatic rings. The van der Waals surface area contributed by atoms with Gasteiger partial charge in [0.1, 0.15) is 6.33 Å². The minimum Gasteiger partial charge on any atom is -0.479 e. The summed E-state index contributed by atoms with van der Waals surface area (Å²) in [6.45, 7) is 2.02. The number of methoxy groups -OCH3 is 1. The first-order chi connectivity index (χ1) is 8.70. The number of nitrogens with zero attached hydrogens (tertiary/aromatic N) is 5. The predicted octanol–water partition coefficient (Wildman–Crippen LogP) is 0.294. The van der Waals surface area contributed by atoms with Crippen LogP contribution < -0.4 is 10.5 Å². The average Bonchev–Trinajstić information content (AvgIpc) is 2.91. The summed E-state index contributed by atoms with van der Waals surface area (Å²) in [6, 6.07) is 0.319. The molecule has 96 valence electrons. The van der Waals surface area contributed by atoms with E-state index in [4.69, 9.17) is 10.5 Å². The van der Waals surface area contributed by atoms with E-state index in [0.717, 1.165) is 25.2 Å². The molecule has 0 aliphatic carbocycles. The van der Waals surface area contributed by atoms with E-state index in [1.54, 1.807) is 7.11 Å². The van der Waals surface area contributed by atoms with Gasteiger partial charge in [-0.1, -0.05) is 0 Å². The van der Waals surface area contributed by atoms with Crippen molar-refractivity contribution >= 4 is 17.1 Å². The van der Waals surface area contributed by atoms with Gasteiger partial charge in [-0.2, -0.15) is 4.98 Å². The number of rotatable bonds is 2. The monoisotopic (exact) mass is 248 g/mol. The zero-order chi connectivity index (χ0) is 12.7. The van der Waals surface area contributed by atoms with E-state index >= 15 is 0 Å². The van der Waals surface area contributed by atoms with Crippen LogP contribution in [0, 0.1) is 0 Å². The van der Waals surface area contributed by atoms with Gasteiger partial charge in [-0.15, -0.1) is 0 Å². The molecule has 0 saturated carbocycles. The number of fused-ring (bicyclic) bond motifs is 1. The van der Waals surface area contributed by atoms with Crippen LogP contribution in [0.2, 0.25) is 0 Å². The maximum atomic E-state index is 6.01. The molecule has 7 heteroatoms. The fraction of sp³-hybridized carbons (Fsp3) is 0.545. The van der Waals surface area contributed by atoms with Crippen molar-refractivity contribution in [3.63, 3.8) is 0 Å². The Morgan fingerprint density at radius 2 is 2.28 bits per heavy atom. The highest BCUT2D eigenvalue weighted by Gasteiger charge is 2.26. The quantitative estimate of drug-likeness (QED) is 0.822. The Hall–Kier alpha value is -1.89. The lowest BCUT2D eigenvalue weighted by atomic mass is 10.2. The molecular formula is C11H16N6O. The Morgan fingerprint density at radius 1 is 1.44 bits per heavy atom. The number of anilines is 1. The molecular weight excluding hydrogens is 232 g/mol. The van der Waals surface area contributed by atoms with Crippen LogP contribution >= 0.6 is 0 Å². The summed E-state index contributed by atoms with van der Waals surface area (Å²) < 4.78 is 7.18. The van der Waals surface area contributed by atoms with Gasteiger partial charge in [0, 0.05) is 6.54 Å². The third kappa shape index (κ3) is 1.59. The third-order valence-electron chi connectivity index (χ3n) is 3.40. The lowest BCUT2D eigenvalue weighted by Crippen LogP contribution is -2.17. The van der Waals surface area contributed by atoms with E-state index in [0.29, 0.717) is 23.4 Å². The number of ether oxygens (including phenoxy) is 1. The molecule has 2 N–H and O–H groups in total. The van der Waals surface area contributed by atoms with Gasteiger partial charge in [-0.25, -0.2) is 9.97 Å². The fourth-order valence-electron chi connectivity index (χ4n) is 2.54. The zero-order valence-electron chi connectivity index (χ0n) is 10.5. The van der Waals surface area contributed by atoms with Crippen molar-refractivity contribution < 1.29 is 4.74 Å². The van der Waals surface area contributed by atoms with Crippen LogP contribution in [-0.2, 0) is 0 Å². The van der Waals surface area contributed by atoms with Gasteiger partial charge in [0.15, 0.2) is 11.2 Å². The predicted molar refractivity (Wildman–Crippen MR) is 67.4 cm³/mol. The van der Waals surface area contributed by atoms with Crippen molar-refractivity contribution in [3.05, 3.63) is 6.33 Å². The highest BCUT2D eigenvalue weighted by molar-refractivity contribution is 5.79. The Labute approximate surface area is 105 Å². The largest absolute Gasteiger partial charge is 0.479 e. The van der Waals surface area contributed by atoms with Crippen molar-refractivity contribution in [1.29, 1.82) is 0 Å². The van der Waals surface area contributed by atoms with Gasteiger partial charge < -0.3 is 15.4 Å². The first kappa shape index (κ1) is 11.2. The number of likely N-dealkylation sites (N-methyl/N-ethyl adjacent to an activating group) is 1. The zero-order valence-corrected chi connectivity index (χ0v) is 10.5. The van der Waals surface area contributed by atoms with Crippen LogP contribution in [0.15, 0.2) is 6.33 Å².